The van der Waals surface area contributed by atoms with Crippen molar-refractivity contribution in [2.45, 2.75) is 31.5 Å². The second-order valence-corrected chi connectivity index (χ2v) is 7.33. The lowest BCUT2D eigenvalue weighted by Gasteiger charge is -2.17. The van der Waals surface area contributed by atoms with E-state index in [9.17, 15) is 14.9 Å². The van der Waals surface area contributed by atoms with Crippen LogP contribution in [0.15, 0.2) is 58.2 Å². The highest BCUT2D eigenvalue weighted by Gasteiger charge is 2.16. The molecular weight excluding hydrogens is 392 g/mol. The standard InChI is InChI=1S/C20H20N4O4S/c1-3-17(14-9-7-13(2)8-10-14)21-18(25)12-29-20-23-22-19(28-20)15-5-4-6-16(11-15)24(26)27/h4-11,17H,3,12H2,1-2H3,(H,21,25)/t17-/m1/s1. The van der Waals surface area contributed by atoms with Gasteiger partial charge in [-0.1, -0.05) is 54.6 Å². The predicted molar refractivity (Wildman–Crippen MR) is 109 cm³/mol. The molecule has 3 aromatic rings. The summed E-state index contributed by atoms with van der Waals surface area (Å²) in [4.78, 5) is 22.7. The smallest absolute Gasteiger partial charge is 0.277 e. The highest BCUT2D eigenvalue weighted by atomic mass is 32.2. The summed E-state index contributed by atoms with van der Waals surface area (Å²) in [5, 5.41) is 21.9. The van der Waals surface area contributed by atoms with Gasteiger partial charge in [-0.15, -0.1) is 10.2 Å². The van der Waals surface area contributed by atoms with Gasteiger partial charge < -0.3 is 9.73 Å². The second kappa shape index (κ2) is 9.33. The normalized spacial score (nSPS) is 11.8. The van der Waals surface area contributed by atoms with Crippen molar-refractivity contribution in [1.29, 1.82) is 0 Å². The molecule has 0 aliphatic carbocycles. The number of carbonyl (C=O) groups excluding carboxylic acids is 1. The van der Waals surface area contributed by atoms with Crippen LogP contribution in [0, 0.1) is 17.0 Å². The van der Waals surface area contributed by atoms with E-state index in [2.05, 4.69) is 15.5 Å². The summed E-state index contributed by atoms with van der Waals surface area (Å²) in [5.41, 5.74) is 2.62. The zero-order valence-electron chi connectivity index (χ0n) is 16.0. The number of thioether (sulfide) groups is 1. The Morgan fingerprint density at radius 3 is 2.69 bits per heavy atom. The van der Waals surface area contributed by atoms with Crippen molar-refractivity contribution in [2.24, 2.45) is 0 Å². The topological polar surface area (TPSA) is 111 Å². The molecule has 0 spiro atoms. The van der Waals surface area contributed by atoms with Gasteiger partial charge in [-0.05, 0) is 25.0 Å². The van der Waals surface area contributed by atoms with Crippen LogP contribution in [-0.4, -0.2) is 26.8 Å². The molecule has 0 saturated carbocycles. The Balaban J connectivity index is 1.59. The lowest BCUT2D eigenvalue weighted by Crippen LogP contribution is -2.29. The minimum atomic E-state index is -0.488. The van der Waals surface area contributed by atoms with Crippen molar-refractivity contribution >= 4 is 23.4 Å². The molecule has 0 saturated heterocycles. The zero-order valence-corrected chi connectivity index (χ0v) is 16.8. The van der Waals surface area contributed by atoms with Gasteiger partial charge in [0.1, 0.15) is 0 Å². The highest BCUT2D eigenvalue weighted by Crippen LogP contribution is 2.26. The number of nitro groups is 1. The van der Waals surface area contributed by atoms with E-state index >= 15 is 0 Å². The maximum Gasteiger partial charge on any atom is 0.277 e. The number of carbonyl (C=O) groups is 1. The van der Waals surface area contributed by atoms with E-state index < -0.39 is 4.92 Å². The number of amides is 1. The van der Waals surface area contributed by atoms with Gasteiger partial charge >= 0.3 is 0 Å². The summed E-state index contributed by atoms with van der Waals surface area (Å²) < 4.78 is 5.52. The van der Waals surface area contributed by atoms with Crippen molar-refractivity contribution in [3.63, 3.8) is 0 Å². The summed E-state index contributed by atoms with van der Waals surface area (Å²) in [7, 11) is 0. The van der Waals surface area contributed by atoms with E-state index in [1.165, 1.54) is 17.7 Å². The first kappa shape index (κ1) is 20.5. The Kier molecular flexibility index (Phi) is 6.61. The van der Waals surface area contributed by atoms with Crippen LogP contribution in [0.5, 0.6) is 0 Å². The number of hydrogen-bond donors (Lipinski definition) is 1. The van der Waals surface area contributed by atoms with Crippen LogP contribution in [0.1, 0.15) is 30.5 Å². The van der Waals surface area contributed by atoms with Gasteiger partial charge in [-0.2, -0.15) is 0 Å². The third-order valence-corrected chi connectivity index (χ3v) is 5.08. The van der Waals surface area contributed by atoms with E-state index in [0.29, 0.717) is 5.56 Å². The molecule has 29 heavy (non-hydrogen) atoms. The van der Waals surface area contributed by atoms with Crippen molar-refractivity contribution in [3.8, 4) is 11.5 Å². The van der Waals surface area contributed by atoms with Crippen LogP contribution >= 0.6 is 11.8 Å². The summed E-state index contributed by atoms with van der Waals surface area (Å²) in [6.07, 6.45) is 0.775. The van der Waals surface area contributed by atoms with E-state index in [1.807, 2.05) is 38.1 Å². The first-order chi connectivity index (χ1) is 14.0. The van der Waals surface area contributed by atoms with Crippen LogP contribution < -0.4 is 5.32 Å². The number of hydrogen-bond acceptors (Lipinski definition) is 7. The van der Waals surface area contributed by atoms with Crippen LogP contribution in [-0.2, 0) is 4.79 Å². The fourth-order valence-corrected chi connectivity index (χ4v) is 3.29. The molecule has 3 rings (SSSR count). The molecule has 1 heterocycles. The van der Waals surface area contributed by atoms with E-state index in [1.54, 1.807) is 12.1 Å². The van der Waals surface area contributed by atoms with Gasteiger partial charge in [0.15, 0.2) is 0 Å². The average molecular weight is 412 g/mol. The van der Waals surface area contributed by atoms with Gasteiger partial charge in [0.05, 0.1) is 16.7 Å². The number of aryl methyl sites for hydroxylation is 1. The predicted octanol–water partition coefficient (Wildman–Crippen LogP) is 4.31. The fraction of sp³-hybridized carbons (Fsp3) is 0.250. The number of benzene rings is 2. The fourth-order valence-electron chi connectivity index (χ4n) is 2.72. The van der Waals surface area contributed by atoms with Crippen LogP contribution in [0.25, 0.3) is 11.5 Å². The van der Waals surface area contributed by atoms with Crippen LogP contribution in [0.4, 0.5) is 5.69 Å². The molecule has 0 unspecified atom stereocenters. The quantitative estimate of drug-likeness (QED) is 0.333. The van der Waals surface area contributed by atoms with Gasteiger partial charge in [-0.25, -0.2) is 0 Å². The van der Waals surface area contributed by atoms with Crippen LogP contribution in [0.2, 0.25) is 0 Å². The molecule has 0 aliphatic rings. The molecule has 0 aliphatic heterocycles. The number of nitrogens with one attached hydrogen (secondary N) is 1. The maximum absolute atomic E-state index is 12.3. The molecule has 0 bridgehead atoms. The number of nitro benzene ring substituents is 1. The third kappa shape index (κ3) is 5.41. The molecule has 0 radical (unpaired) electrons. The molecule has 1 amide bonds. The molecular formula is C20H20N4O4S. The molecule has 1 aromatic heterocycles. The third-order valence-electron chi connectivity index (χ3n) is 4.26. The first-order valence-electron chi connectivity index (χ1n) is 9.03. The number of nitrogens with zero attached hydrogens (tertiary/aromatic N) is 3. The summed E-state index contributed by atoms with van der Waals surface area (Å²) in [6, 6.07) is 14.0. The largest absolute Gasteiger partial charge is 0.411 e. The molecule has 1 atom stereocenters. The summed E-state index contributed by atoms with van der Waals surface area (Å²) >= 11 is 1.12. The summed E-state index contributed by atoms with van der Waals surface area (Å²) in [5.74, 6) is 0.152. The second-order valence-electron chi connectivity index (χ2n) is 6.41. The monoisotopic (exact) mass is 412 g/mol. The summed E-state index contributed by atoms with van der Waals surface area (Å²) in [6.45, 7) is 4.04. The molecule has 1 N–H and O–H groups in total. The average Bonchev–Trinajstić information content (AvgIpc) is 3.20. The van der Waals surface area contributed by atoms with Crippen molar-refractivity contribution in [2.75, 3.05) is 5.75 Å². The number of non-ortho nitro benzene ring substituents is 1. The van der Waals surface area contributed by atoms with Gasteiger partial charge in [0.25, 0.3) is 10.9 Å². The SMILES string of the molecule is CC[C@@H](NC(=O)CSc1nnc(-c2cccc([N+](=O)[O-])c2)o1)c1ccc(C)cc1. The lowest BCUT2D eigenvalue weighted by atomic mass is 10.0. The first-order valence-corrected chi connectivity index (χ1v) is 10.0. The highest BCUT2D eigenvalue weighted by molar-refractivity contribution is 7.99. The molecule has 2 aromatic carbocycles. The van der Waals surface area contributed by atoms with Gasteiger partial charge in [0, 0.05) is 17.7 Å². The molecule has 9 heteroatoms. The minimum absolute atomic E-state index is 0.0593. The van der Waals surface area contributed by atoms with Crippen LogP contribution in [0.3, 0.4) is 0 Å². The Hall–Kier alpha value is -3.20. The van der Waals surface area contributed by atoms with Gasteiger partial charge in [0.2, 0.25) is 11.8 Å². The van der Waals surface area contributed by atoms with E-state index in [-0.39, 0.29) is 34.5 Å². The van der Waals surface area contributed by atoms with Crippen molar-refractivity contribution < 1.29 is 14.1 Å². The minimum Gasteiger partial charge on any atom is -0.411 e. The zero-order chi connectivity index (χ0) is 20.8. The molecule has 150 valence electrons. The maximum atomic E-state index is 12.3. The van der Waals surface area contributed by atoms with Gasteiger partial charge in [-0.3, -0.25) is 14.9 Å². The van der Waals surface area contributed by atoms with E-state index in [0.717, 1.165) is 23.7 Å². The Morgan fingerprint density at radius 1 is 1.24 bits per heavy atom. The molecule has 8 nitrogen and oxygen atoms in total. The Bertz CT molecular complexity index is 1000. The Labute approximate surface area is 171 Å². The molecule has 0 fully saturated rings. The number of aromatic nitrogens is 2. The van der Waals surface area contributed by atoms with Crippen molar-refractivity contribution in [1.82, 2.24) is 15.5 Å². The lowest BCUT2D eigenvalue weighted by molar-refractivity contribution is -0.384. The van der Waals surface area contributed by atoms with Crippen molar-refractivity contribution in [3.05, 3.63) is 69.8 Å². The Morgan fingerprint density at radius 2 is 2.00 bits per heavy atom. The number of rotatable bonds is 8. The van der Waals surface area contributed by atoms with E-state index in [4.69, 9.17) is 4.42 Å².